The van der Waals surface area contributed by atoms with Gasteiger partial charge in [0, 0.05) is 17.3 Å². The molecule has 0 aromatic heterocycles. The van der Waals surface area contributed by atoms with E-state index in [1.54, 1.807) is 19.9 Å². The van der Waals surface area contributed by atoms with Crippen molar-refractivity contribution in [2.45, 2.75) is 25.5 Å². The maximum absolute atomic E-state index is 12.0. The fraction of sp³-hybridized carbons (Fsp3) is 0.462. The molecule has 1 N–H and O–H groups in total. The van der Waals surface area contributed by atoms with Crippen LogP contribution in [0.5, 0.6) is 0 Å². The van der Waals surface area contributed by atoms with Gasteiger partial charge in [0.1, 0.15) is 0 Å². The predicted molar refractivity (Wildman–Crippen MR) is 80.1 cm³/mol. The number of carbonyl (C=O) groups excluding carboxylic acids is 1. The number of halogens is 1. The summed E-state index contributed by atoms with van der Waals surface area (Å²) in [6.45, 7) is 5.18. The normalized spacial score (nSPS) is 12.3. The van der Waals surface area contributed by atoms with Gasteiger partial charge in [-0.15, -0.1) is 0 Å². The summed E-state index contributed by atoms with van der Waals surface area (Å²) < 4.78 is 22.8. The average Bonchev–Trinajstić information content (AvgIpc) is 2.24. The van der Waals surface area contributed by atoms with E-state index in [1.165, 1.54) is 6.26 Å². The minimum absolute atomic E-state index is 0.0744. The van der Waals surface area contributed by atoms with E-state index in [4.69, 9.17) is 0 Å². The number of aryl methyl sites for hydroxylation is 1. The van der Waals surface area contributed by atoms with Gasteiger partial charge in [-0.25, -0.2) is 8.42 Å². The van der Waals surface area contributed by atoms with Crippen LogP contribution in [0.1, 0.15) is 29.8 Å². The van der Waals surface area contributed by atoms with Crippen LogP contribution in [-0.2, 0) is 9.84 Å². The predicted octanol–water partition coefficient (Wildman–Crippen LogP) is 2.31. The molecule has 1 rings (SSSR count). The molecule has 0 atom stereocenters. The molecule has 19 heavy (non-hydrogen) atoms. The van der Waals surface area contributed by atoms with Gasteiger partial charge in [0.2, 0.25) is 0 Å². The summed E-state index contributed by atoms with van der Waals surface area (Å²) in [6.07, 6.45) is 1.17. The van der Waals surface area contributed by atoms with Crippen LogP contribution in [0.3, 0.4) is 0 Å². The van der Waals surface area contributed by atoms with Crippen molar-refractivity contribution >= 4 is 31.7 Å². The van der Waals surface area contributed by atoms with E-state index in [0.717, 1.165) is 5.56 Å². The van der Waals surface area contributed by atoms with Gasteiger partial charge in [0.25, 0.3) is 5.91 Å². The molecule has 6 heteroatoms. The quantitative estimate of drug-likeness (QED) is 0.908. The SMILES string of the molecule is Cc1ccc(C(=O)NCC(C)(C)S(C)(=O)=O)c(Br)c1. The van der Waals surface area contributed by atoms with Crippen LogP contribution in [0.4, 0.5) is 0 Å². The standard InChI is InChI=1S/C13H18BrNO3S/c1-9-5-6-10(11(14)7-9)12(16)15-8-13(2,3)19(4,17)18/h5-7H,8H2,1-4H3,(H,15,16). The Hall–Kier alpha value is -0.880. The summed E-state index contributed by atoms with van der Waals surface area (Å²) in [5.74, 6) is -0.288. The third-order valence-electron chi connectivity index (χ3n) is 3.05. The zero-order valence-electron chi connectivity index (χ0n) is 11.5. The summed E-state index contributed by atoms with van der Waals surface area (Å²) in [5, 5.41) is 2.66. The lowest BCUT2D eigenvalue weighted by Crippen LogP contribution is -2.43. The van der Waals surface area contributed by atoms with Crippen molar-refractivity contribution in [2.75, 3.05) is 12.8 Å². The van der Waals surface area contributed by atoms with Gasteiger partial charge in [-0.05, 0) is 54.4 Å². The molecule has 0 spiro atoms. The lowest BCUT2D eigenvalue weighted by Gasteiger charge is -2.22. The molecule has 0 saturated carbocycles. The lowest BCUT2D eigenvalue weighted by atomic mass is 10.1. The Labute approximate surface area is 122 Å². The van der Waals surface area contributed by atoms with Gasteiger partial charge in [-0.1, -0.05) is 6.07 Å². The molecule has 1 aromatic carbocycles. The number of rotatable bonds is 4. The molecule has 0 heterocycles. The highest BCUT2D eigenvalue weighted by Crippen LogP contribution is 2.19. The highest BCUT2D eigenvalue weighted by atomic mass is 79.9. The molecule has 4 nitrogen and oxygen atoms in total. The van der Waals surface area contributed by atoms with E-state index in [0.29, 0.717) is 10.0 Å². The molecule has 0 bridgehead atoms. The Bertz CT molecular complexity index is 594. The number of hydrogen-bond acceptors (Lipinski definition) is 3. The number of carbonyl (C=O) groups is 1. The summed E-state index contributed by atoms with van der Waals surface area (Å²) in [5.41, 5.74) is 1.54. The van der Waals surface area contributed by atoms with Crippen LogP contribution in [-0.4, -0.2) is 31.9 Å². The zero-order valence-corrected chi connectivity index (χ0v) is 13.9. The number of amides is 1. The van der Waals surface area contributed by atoms with Crippen LogP contribution >= 0.6 is 15.9 Å². The number of hydrogen-bond donors (Lipinski definition) is 1. The van der Waals surface area contributed by atoms with Crippen molar-refractivity contribution < 1.29 is 13.2 Å². The third-order valence-corrected chi connectivity index (χ3v) is 5.86. The molecule has 0 aliphatic rings. The molecule has 0 aliphatic carbocycles. The first-order chi connectivity index (χ1) is 8.54. The molecule has 0 unspecified atom stereocenters. The lowest BCUT2D eigenvalue weighted by molar-refractivity contribution is 0.0950. The first kappa shape index (κ1) is 16.2. The molecule has 0 radical (unpaired) electrons. The van der Waals surface area contributed by atoms with Crippen LogP contribution in [0.15, 0.2) is 22.7 Å². The van der Waals surface area contributed by atoms with Crippen molar-refractivity contribution in [3.63, 3.8) is 0 Å². The van der Waals surface area contributed by atoms with Gasteiger partial charge >= 0.3 is 0 Å². The van der Waals surface area contributed by atoms with E-state index >= 15 is 0 Å². The summed E-state index contributed by atoms with van der Waals surface area (Å²) in [6, 6.07) is 5.39. The fourth-order valence-corrected chi connectivity index (χ4v) is 2.33. The van der Waals surface area contributed by atoms with Crippen LogP contribution < -0.4 is 5.32 Å². The Kier molecular flexibility index (Phi) is 4.79. The largest absolute Gasteiger partial charge is 0.350 e. The highest BCUT2D eigenvalue weighted by Gasteiger charge is 2.30. The third kappa shape index (κ3) is 4.04. The molecular weight excluding hydrogens is 330 g/mol. The number of benzene rings is 1. The van der Waals surface area contributed by atoms with Crippen LogP contribution in [0, 0.1) is 6.92 Å². The van der Waals surface area contributed by atoms with Crippen molar-refractivity contribution in [1.82, 2.24) is 5.32 Å². The van der Waals surface area contributed by atoms with Gasteiger partial charge in [-0.2, -0.15) is 0 Å². The molecular formula is C13H18BrNO3S. The van der Waals surface area contributed by atoms with Crippen LogP contribution in [0.2, 0.25) is 0 Å². The summed E-state index contributed by atoms with van der Waals surface area (Å²) >= 11 is 3.33. The first-order valence-corrected chi connectivity index (χ1v) is 8.47. The Balaban J connectivity index is 2.82. The molecule has 0 aliphatic heterocycles. The topological polar surface area (TPSA) is 63.2 Å². The summed E-state index contributed by atoms with van der Waals surface area (Å²) in [7, 11) is -3.22. The second-order valence-electron chi connectivity index (χ2n) is 5.20. The second kappa shape index (κ2) is 5.63. The smallest absolute Gasteiger partial charge is 0.252 e. The zero-order chi connectivity index (χ0) is 14.8. The monoisotopic (exact) mass is 347 g/mol. The Morgan fingerprint density at radius 3 is 2.42 bits per heavy atom. The number of nitrogens with one attached hydrogen (secondary N) is 1. The summed E-state index contributed by atoms with van der Waals surface area (Å²) in [4.78, 5) is 12.0. The van der Waals surface area contributed by atoms with Gasteiger partial charge in [-0.3, -0.25) is 4.79 Å². The Morgan fingerprint density at radius 2 is 1.95 bits per heavy atom. The van der Waals surface area contributed by atoms with Crippen LogP contribution in [0.25, 0.3) is 0 Å². The van der Waals surface area contributed by atoms with Crippen molar-refractivity contribution in [1.29, 1.82) is 0 Å². The molecule has 106 valence electrons. The molecule has 0 saturated heterocycles. The molecule has 1 aromatic rings. The van der Waals surface area contributed by atoms with E-state index in [2.05, 4.69) is 21.2 Å². The van der Waals surface area contributed by atoms with Crippen molar-refractivity contribution in [3.05, 3.63) is 33.8 Å². The van der Waals surface area contributed by atoms with E-state index in [1.807, 2.05) is 19.1 Å². The second-order valence-corrected chi connectivity index (χ2v) is 8.70. The average molecular weight is 348 g/mol. The highest BCUT2D eigenvalue weighted by molar-refractivity contribution is 9.10. The van der Waals surface area contributed by atoms with E-state index in [9.17, 15) is 13.2 Å². The fourth-order valence-electron chi connectivity index (χ4n) is 1.32. The first-order valence-electron chi connectivity index (χ1n) is 5.78. The maximum Gasteiger partial charge on any atom is 0.252 e. The van der Waals surface area contributed by atoms with Gasteiger partial charge in [0.05, 0.1) is 10.3 Å². The van der Waals surface area contributed by atoms with Crippen molar-refractivity contribution in [2.24, 2.45) is 0 Å². The van der Waals surface area contributed by atoms with E-state index < -0.39 is 14.6 Å². The van der Waals surface area contributed by atoms with Gasteiger partial charge in [0.15, 0.2) is 9.84 Å². The Morgan fingerprint density at radius 1 is 1.37 bits per heavy atom. The minimum Gasteiger partial charge on any atom is -0.350 e. The molecule has 1 amide bonds. The van der Waals surface area contributed by atoms with Gasteiger partial charge < -0.3 is 5.32 Å². The van der Waals surface area contributed by atoms with E-state index in [-0.39, 0.29) is 12.5 Å². The van der Waals surface area contributed by atoms with Crippen molar-refractivity contribution in [3.8, 4) is 0 Å². The molecule has 0 fully saturated rings. The number of sulfone groups is 1. The maximum atomic E-state index is 12.0. The minimum atomic E-state index is -3.22.